The van der Waals surface area contributed by atoms with Gasteiger partial charge in [-0.1, -0.05) is 18.2 Å². The number of ether oxygens (including phenoxy) is 2. The molecular weight excluding hydrogens is 310 g/mol. The third-order valence-corrected chi connectivity index (χ3v) is 4.94. The Morgan fingerprint density at radius 2 is 2.12 bits per heavy atom. The van der Waals surface area contributed by atoms with Gasteiger partial charge in [-0.25, -0.2) is 9.69 Å². The van der Waals surface area contributed by atoms with E-state index in [0.717, 1.165) is 0 Å². The lowest BCUT2D eigenvalue weighted by Gasteiger charge is -2.24. The van der Waals surface area contributed by atoms with Gasteiger partial charge in [-0.3, -0.25) is 9.59 Å². The molecule has 2 amide bonds. The average molecular weight is 327 g/mol. The number of fused-ring (bicyclic) bond motifs is 5. The van der Waals surface area contributed by atoms with Crippen molar-refractivity contribution in [2.45, 2.75) is 25.6 Å². The standard InChI is InChI=1S/C18H17NO5/c1-3-23-17(22)10-5-4-6-11(9-10)19-15(20)13-12-7-8-18(2,24-12)14(13)16(19)21/h4-9,12-14H,3H2,1-2H3/t12-,13-,14+,18-/m1/s1. The summed E-state index contributed by atoms with van der Waals surface area (Å²) in [5.74, 6) is -2.02. The number of carbonyl (C=O) groups is 3. The summed E-state index contributed by atoms with van der Waals surface area (Å²) in [6.45, 7) is 3.82. The van der Waals surface area contributed by atoms with Crippen LogP contribution in [0.4, 0.5) is 5.69 Å². The maximum atomic E-state index is 12.9. The van der Waals surface area contributed by atoms with Gasteiger partial charge >= 0.3 is 5.97 Å². The molecule has 6 heteroatoms. The third kappa shape index (κ3) is 1.89. The number of imide groups is 1. The van der Waals surface area contributed by atoms with Crippen molar-refractivity contribution in [3.63, 3.8) is 0 Å². The van der Waals surface area contributed by atoms with Crippen molar-refractivity contribution in [2.75, 3.05) is 11.5 Å². The van der Waals surface area contributed by atoms with Crippen molar-refractivity contribution < 1.29 is 23.9 Å². The molecule has 0 N–H and O–H groups in total. The summed E-state index contributed by atoms with van der Waals surface area (Å²) in [7, 11) is 0. The van der Waals surface area contributed by atoms with Crippen LogP contribution in [0.15, 0.2) is 36.4 Å². The van der Waals surface area contributed by atoms with Crippen LogP contribution in [0.1, 0.15) is 24.2 Å². The van der Waals surface area contributed by atoms with Gasteiger partial charge in [0.1, 0.15) is 0 Å². The normalized spacial score (nSPS) is 33.2. The lowest BCUT2D eigenvalue weighted by atomic mass is 9.78. The maximum Gasteiger partial charge on any atom is 0.338 e. The van der Waals surface area contributed by atoms with E-state index in [1.165, 1.54) is 11.0 Å². The van der Waals surface area contributed by atoms with Gasteiger partial charge in [-0.05, 0) is 32.0 Å². The van der Waals surface area contributed by atoms with E-state index in [9.17, 15) is 14.4 Å². The van der Waals surface area contributed by atoms with Crippen molar-refractivity contribution in [3.8, 4) is 0 Å². The Morgan fingerprint density at radius 1 is 1.33 bits per heavy atom. The number of anilines is 1. The van der Waals surface area contributed by atoms with Crippen LogP contribution in [-0.2, 0) is 19.1 Å². The first-order chi connectivity index (χ1) is 11.5. The molecule has 6 nitrogen and oxygen atoms in total. The van der Waals surface area contributed by atoms with Crippen LogP contribution in [0.5, 0.6) is 0 Å². The van der Waals surface area contributed by atoms with E-state index in [1.807, 2.05) is 19.1 Å². The van der Waals surface area contributed by atoms with Crippen molar-refractivity contribution >= 4 is 23.5 Å². The molecule has 2 saturated heterocycles. The first kappa shape index (κ1) is 15.1. The Labute approximate surface area is 139 Å². The number of rotatable bonds is 3. The molecule has 3 aliphatic heterocycles. The molecule has 124 valence electrons. The topological polar surface area (TPSA) is 72.9 Å². The highest BCUT2D eigenvalue weighted by molar-refractivity contribution is 6.23. The summed E-state index contributed by atoms with van der Waals surface area (Å²) >= 11 is 0. The molecule has 4 rings (SSSR count). The van der Waals surface area contributed by atoms with Crippen LogP contribution in [0.2, 0.25) is 0 Å². The second kappa shape index (κ2) is 5.01. The predicted octanol–water partition coefficient (Wildman–Crippen LogP) is 1.70. The molecule has 1 aromatic carbocycles. The zero-order valence-corrected chi connectivity index (χ0v) is 13.4. The number of amides is 2. The van der Waals surface area contributed by atoms with Crippen molar-refractivity contribution in [2.24, 2.45) is 11.8 Å². The van der Waals surface area contributed by atoms with Crippen LogP contribution in [0.25, 0.3) is 0 Å². The minimum atomic E-state index is -0.727. The molecule has 0 saturated carbocycles. The smallest absolute Gasteiger partial charge is 0.338 e. The van der Waals surface area contributed by atoms with E-state index in [4.69, 9.17) is 9.47 Å². The summed E-state index contributed by atoms with van der Waals surface area (Å²) in [6, 6.07) is 6.41. The number of esters is 1. The Bertz CT molecular complexity index is 785. The summed E-state index contributed by atoms with van der Waals surface area (Å²) in [4.78, 5) is 38.8. The predicted molar refractivity (Wildman–Crippen MR) is 84.3 cm³/mol. The molecule has 0 unspecified atom stereocenters. The number of hydrogen-bond donors (Lipinski definition) is 0. The molecule has 0 spiro atoms. The van der Waals surface area contributed by atoms with Crippen molar-refractivity contribution in [1.29, 1.82) is 0 Å². The number of carbonyl (C=O) groups excluding carboxylic acids is 3. The molecule has 4 atom stereocenters. The average Bonchev–Trinajstić information content (AvgIpc) is 3.17. The second-order valence-corrected chi connectivity index (χ2v) is 6.41. The van der Waals surface area contributed by atoms with Crippen LogP contribution in [0, 0.1) is 11.8 Å². The fraction of sp³-hybridized carbons (Fsp3) is 0.389. The molecule has 24 heavy (non-hydrogen) atoms. The SMILES string of the molecule is CCOC(=O)c1cccc(N2C(=O)[C@H]3[C@@H](C2=O)[C@@]2(C)C=C[C@H]3O2)c1. The van der Waals surface area contributed by atoms with Gasteiger partial charge in [-0.2, -0.15) is 0 Å². The lowest BCUT2D eigenvalue weighted by molar-refractivity contribution is -0.126. The molecule has 0 aliphatic carbocycles. The Kier molecular flexibility index (Phi) is 3.15. The highest BCUT2D eigenvalue weighted by Crippen LogP contribution is 2.52. The molecular formula is C18H17NO5. The zero-order chi connectivity index (χ0) is 17.1. The van der Waals surface area contributed by atoms with Crippen molar-refractivity contribution in [3.05, 3.63) is 42.0 Å². The Morgan fingerprint density at radius 3 is 2.83 bits per heavy atom. The van der Waals surface area contributed by atoms with E-state index >= 15 is 0 Å². The largest absolute Gasteiger partial charge is 0.462 e. The van der Waals surface area contributed by atoms with Gasteiger partial charge in [0.05, 0.1) is 41.4 Å². The van der Waals surface area contributed by atoms with Gasteiger partial charge in [0, 0.05) is 0 Å². The summed E-state index contributed by atoms with van der Waals surface area (Å²) in [5, 5.41) is 0. The monoisotopic (exact) mass is 327 g/mol. The minimum absolute atomic E-state index is 0.262. The summed E-state index contributed by atoms with van der Waals surface area (Å²) in [6.07, 6.45) is 3.36. The number of hydrogen-bond acceptors (Lipinski definition) is 5. The minimum Gasteiger partial charge on any atom is -0.462 e. The van der Waals surface area contributed by atoms with Gasteiger partial charge in [0.2, 0.25) is 11.8 Å². The molecule has 1 aromatic rings. The fourth-order valence-electron chi connectivity index (χ4n) is 3.89. The first-order valence-corrected chi connectivity index (χ1v) is 7.98. The van der Waals surface area contributed by atoms with Crippen LogP contribution >= 0.6 is 0 Å². The zero-order valence-electron chi connectivity index (χ0n) is 13.4. The van der Waals surface area contributed by atoms with Gasteiger partial charge in [-0.15, -0.1) is 0 Å². The second-order valence-electron chi connectivity index (χ2n) is 6.41. The lowest BCUT2D eigenvalue weighted by Crippen LogP contribution is -2.38. The molecule has 3 heterocycles. The van der Waals surface area contributed by atoms with E-state index in [0.29, 0.717) is 11.3 Å². The van der Waals surface area contributed by atoms with Crippen LogP contribution < -0.4 is 4.90 Å². The number of nitrogens with zero attached hydrogens (tertiary/aromatic N) is 1. The maximum absolute atomic E-state index is 12.9. The van der Waals surface area contributed by atoms with E-state index in [1.54, 1.807) is 25.1 Å². The molecule has 2 fully saturated rings. The molecule has 2 bridgehead atoms. The van der Waals surface area contributed by atoms with E-state index < -0.39 is 23.4 Å². The Balaban J connectivity index is 1.69. The van der Waals surface area contributed by atoms with Gasteiger partial charge in [0.15, 0.2) is 0 Å². The third-order valence-electron chi connectivity index (χ3n) is 4.94. The summed E-state index contributed by atoms with van der Waals surface area (Å²) < 4.78 is 10.8. The quantitative estimate of drug-likeness (QED) is 0.480. The van der Waals surface area contributed by atoms with Gasteiger partial charge < -0.3 is 9.47 Å². The van der Waals surface area contributed by atoms with Crippen LogP contribution in [0.3, 0.4) is 0 Å². The fourth-order valence-corrected chi connectivity index (χ4v) is 3.89. The Hall–Kier alpha value is -2.47. The van der Waals surface area contributed by atoms with Crippen LogP contribution in [-0.4, -0.2) is 36.1 Å². The molecule has 0 aromatic heterocycles. The molecule has 0 radical (unpaired) electrons. The number of benzene rings is 1. The first-order valence-electron chi connectivity index (χ1n) is 7.98. The van der Waals surface area contributed by atoms with Crippen molar-refractivity contribution in [1.82, 2.24) is 0 Å². The van der Waals surface area contributed by atoms with Gasteiger partial charge in [0.25, 0.3) is 0 Å². The van der Waals surface area contributed by atoms with E-state index in [2.05, 4.69) is 0 Å². The van der Waals surface area contributed by atoms with E-state index in [-0.39, 0.29) is 24.5 Å². The summed E-state index contributed by atoms with van der Waals surface area (Å²) in [5.41, 5.74) is -0.0150. The molecule has 3 aliphatic rings. The highest BCUT2D eigenvalue weighted by atomic mass is 16.5. The highest BCUT2D eigenvalue weighted by Gasteiger charge is 2.66.